The van der Waals surface area contributed by atoms with Crippen LogP contribution in [0.4, 0.5) is 11.6 Å². The van der Waals surface area contributed by atoms with Crippen LogP contribution in [0.5, 0.6) is 11.6 Å². The van der Waals surface area contributed by atoms with E-state index in [-0.39, 0.29) is 18.2 Å². The van der Waals surface area contributed by atoms with E-state index in [1.54, 1.807) is 30.0 Å². The van der Waals surface area contributed by atoms with Crippen molar-refractivity contribution in [2.45, 2.75) is 6.54 Å². The van der Waals surface area contributed by atoms with Gasteiger partial charge in [0.15, 0.2) is 23.0 Å². The molecule has 0 aliphatic carbocycles. The van der Waals surface area contributed by atoms with Crippen molar-refractivity contribution in [3.63, 3.8) is 0 Å². The van der Waals surface area contributed by atoms with E-state index in [1.807, 2.05) is 42.6 Å². The molecule has 1 amide bonds. The summed E-state index contributed by atoms with van der Waals surface area (Å²) in [4.78, 5) is 25.5. The summed E-state index contributed by atoms with van der Waals surface area (Å²) in [5, 5.41) is 10.5. The van der Waals surface area contributed by atoms with Gasteiger partial charge in [0.05, 0.1) is 38.4 Å². The number of hydrogen-bond donors (Lipinski definition) is 2. The molecule has 2 N–H and O–H groups in total. The molecule has 5 rings (SSSR count). The maximum atomic E-state index is 12.1. The van der Waals surface area contributed by atoms with Crippen LogP contribution in [0.3, 0.4) is 0 Å². The molecule has 5 heterocycles. The number of methoxy groups -OCH3 is 2. The Morgan fingerprint density at radius 3 is 2.77 bits per heavy atom. The zero-order chi connectivity index (χ0) is 24.2. The van der Waals surface area contributed by atoms with Gasteiger partial charge in [-0.2, -0.15) is 0 Å². The van der Waals surface area contributed by atoms with Crippen molar-refractivity contribution in [3.05, 3.63) is 78.6 Å². The van der Waals surface area contributed by atoms with Gasteiger partial charge in [-0.3, -0.25) is 4.79 Å². The van der Waals surface area contributed by atoms with E-state index < -0.39 is 0 Å². The number of aromatic nitrogens is 5. The number of rotatable bonds is 8. The Morgan fingerprint density at radius 1 is 1.06 bits per heavy atom. The Balaban J connectivity index is 1.31. The van der Waals surface area contributed by atoms with Gasteiger partial charge in [-0.05, 0) is 36.4 Å². The van der Waals surface area contributed by atoms with Crippen molar-refractivity contribution in [2.75, 3.05) is 19.5 Å². The molecule has 0 radical (unpaired) electrons. The van der Waals surface area contributed by atoms with Crippen LogP contribution in [0.1, 0.15) is 16.2 Å². The highest BCUT2D eigenvalue weighted by Crippen LogP contribution is 2.29. The van der Waals surface area contributed by atoms with Gasteiger partial charge in [0, 0.05) is 24.0 Å². The first kappa shape index (κ1) is 21.9. The predicted octanol–water partition coefficient (Wildman–Crippen LogP) is 3.47. The smallest absolute Gasteiger partial charge is 0.287 e. The quantitative estimate of drug-likeness (QED) is 0.349. The van der Waals surface area contributed by atoms with Gasteiger partial charge in [-0.15, -0.1) is 5.10 Å². The van der Waals surface area contributed by atoms with E-state index in [4.69, 9.17) is 13.9 Å². The van der Waals surface area contributed by atoms with Gasteiger partial charge in [0.1, 0.15) is 5.82 Å². The van der Waals surface area contributed by atoms with Crippen LogP contribution in [-0.4, -0.2) is 44.7 Å². The fraction of sp³-hybridized carbons (Fsp3) is 0.125. The summed E-state index contributed by atoms with van der Waals surface area (Å²) in [7, 11) is 3.10. The van der Waals surface area contributed by atoms with E-state index in [0.717, 1.165) is 5.56 Å². The van der Waals surface area contributed by atoms with E-state index in [0.29, 0.717) is 40.3 Å². The van der Waals surface area contributed by atoms with Gasteiger partial charge in [0.2, 0.25) is 0 Å². The largest absolute Gasteiger partial charge is 0.491 e. The first-order valence-corrected chi connectivity index (χ1v) is 10.6. The van der Waals surface area contributed by atoms with Crippen molar-refractivity contribution < 1.29 is 18.7 Å². The zero-order valence-electron chi connectivity index (χ0n) is 18.9. The topological polar surface area (TPSA) is 129 Å². The number of fused-ring (bicyclic) bond motifs is 1. The van der Waals surface area contributed by atoms with Gasteiger partial charge < -0.3 is 24.5 Å². The molecule has 0 atom stereocenters. The second-order valence-electron chi connectivity index (χ2n) is 7.38. The van der Waals surface area contributed by atoms with E-state index in [9.17, 15) is 4.79 Å². The molecule has 0 bridgehead atoms. The Labute approximate surface area is 199 Å². The predicted molar refractivity (Wildman–Crippen MR) is 127 cm³/mol. The lowest BCUT2D eigenvalue weighted by molar-refractivity contribution is 0.0922. The van der Waals surface area contributed by atoms with Gasteiger partial charge in [0.25, 0.3) is 11.8 Å². The molecule has 0 saturated carbocycles. The van der Waals surface area contributed by atoms with E-state index >= 15 is 0 Å². The number of carbonyl (C=O) groups is 1. The minimum Gasteiger partial charge on any atom is -0.491 e. The Kier molecular flexibility index (Phi) is 5.95. The van der Waals surface area contributed by atoms with Crippen LogP contribution < -0.4 is 20.1 Å². The molecule has 0 saturated heterocycles. The molecule has 0 unspecified atom stereocenters. The molecule has 5 aromatic heterocycles. The highest BCUT2D eigenvalue weighted by Gasteiger charge is 2.12. The fourth-order valence-corrected chi connectivity index (χ4v) is 3.42. The standard InChI is InChI=1S/C24H21N7O4/c1-33-19-11-15(13-26-24(19)34-2)17-8-9-31-22(28-17)12-21(30-31)29-20-7-3-5-16(27-20)14-25-23(32)18-6-4-10-35-18/h3-13H,14H2,1-2H3,(H,25,32)(H,27,29,30). The minimum atomic E-state index is -0.304. The number of amides is 1. The second kappa shape index (κ2) is 9.51. The molecule has 0 aromatic carbocycles. The summed E-state index contributed by atoms with van der Waals surface area (Å²) in [5.74, 6) is 2.03. The van der Waals surface area contributed by atoms with Crippen LogP contribution in [0.25, 0.3) is 16.9 Å². The average Bonchev–Trinajstić information content (AvgIpc) is 3.56. The van der Waals surface area contributed by atoms with Crippen LogP contribution >= 0.6 is 0 Å². The van der Waals surface area contributed by atoms with E-state index in [1.165, 1.54) is 13.4 Å². The molecule has 5 aromatic rings. The summed E-state index contributed by atoms with van der Waals surface area (Å²) < 4.78 is 17.3. The molecule has 0 aliphatic heterocycles. The van der Waals surface area contributed by atoms with Gasteiger partial charge >= 0.3 is 0 Å². The first-order valence-electron chi connectivity index (χ1n) is 10.6. The molecular weight excluding hydrogens is 450 g/mol. The van der Waals surface area contributed by atoms with Crippen molar-refractivity contribution in [1.29, 1.82) is 0 Å². The Morgan fingerprint density at radius 2 is 1.97 bits per heavy atom. The number of anilines is 2. The fourth-order valence-electron chi connectivity index (χ4n) is 3.42. The number of hydrogen-bond acceptors (Lipinski definition) is 9. The van der Waals surface area contributed by atoms with Crippen molar-refractivity contribution in [2.24, 2.45) is 0 Å². The van der Waals surface area contributed by atoms with Crippen molar-refractivity contribution in [1.82, 2.24) is 29.9 Å². The monoisotopic (exact) mass is 471 g/mol. The summed E-state index contributed by atoms with van der Waals surface area (Å²) in [6.45, 7) is 0.254. The minimum absolute atomic E-state index is 0.250. The molecular formula is C24H21N7O4. The first-order chi connectivity index (χ1) is 17.1. The maximum absolute atomic E-state index is 12.1. The number of carbonyl (C=O) groups excluding carboxylic acids is 1. The van der Waals surface area contributed by atoms with Crippen molar-refractivity contribution in [3.8, 4) is 22.9 Å². The molecule has 0 spiro atoms. The normalized spacial score (nSPS) is 10.8. The van der Waals surface area contributed by atoms with Crippen LogP contribution in [-0.2, 0) is 6.54 Å². The summed E-state index contributed by atoms with van der Waals surface area (Å²) >= 11 is 0. The van der Waals surface area contributed by atoms with Gasteiger partial charge in [-0.25, -0.2) is 19.5 Å². The van der Waals surface area contributed by atoms with Crippen LogP contribution in [0.15, 0.2) is 71.6 Å². The lowest BCUT2D eigenvalue weighted by atomic mass is 10.2. The third kappa shape index (κ3) is 4.74. The number of nitrogens with zero attached hydrogens (tertiary/aromatic N) is 5. The van der Waals surface area contributed by atoms with Crippen molar-refractivity contribution >= 4 is 23.2 Å². The lowest BCUT2D eigenvalue weighted by Gasteiger charge is -2.08. The second-order valence-corrected chi connectivity index (χ2v) is 7.38. The molecule has 176 valence electrons. The highest BCUT2D eigenvalue weighted by molar-refractivity contribution is 5.91. The molecule has 0 fully saturated rings. The zero-order valence-corrected chi connectivity index (χ0v) is 18.9. The molecule has 0 aliphatic rings. The number of furan rings is 1. The number of pyridine rings is 2. The molecule has 35 heavy (non-hydrogen) atoms. The summed E-state index contributed by atoms with van der Waals surface area (Å²) in [6.07, 6.45) is 4.94. The molecule has 11 heteroatoms. The maximum Gasteiger partial charge on any atom is 0.287 e. The van der Waals surface area contributed by atoms with Gasteiger partial charge in [-0.1, -0.05) is 6.07 Å². The van der Waals surface area contributed by atoms with Crippen LogP contribution in [0.2, 0.25) is 0 Å². The average molecular weight is 471 g/mol. The number of ether oxygens (including phenoxy) is 2. The summed E-state index contributed by atoms with van der Waals surface area (Å²) in [6, 6.07) is 14.2. The van der Waals surface area contributed by atoms with E-state index in [2.05, 4.69) is 30.7 Å². The third-order valence-electron chi connectivity index (χ3n) is 5.09. The lowest BCUT2D eigenvalue weighted by Crippen LogP contribution is -2.22. The Bertz CT molecular complexity index is 1480. The highest BCUT2D eigenvalue weighted by atomic mass is 16.5. The number of nitrogens with one attached hydrogen (secondary N) is 2. The summed E-state index contributed by atoms with van der Waals surface area (Å²) in [5.41, 5.74) is 2.82. The molecule has 11 nitrogen and oxygen atoms in total. The third-order valence-corrected chi connectivity index (χ3v) is 5.09. The SMILES string of the molecule is COc1cc(-c2ccn3nc(Nc4cccc(CNC(=O)c5ccco5)n4)cc3n2)cnc1OC. The Hall–Kier alpha value is -4.93. The van der Waals surface area contributed by atoms with Crippen LogP contribution in [0, 0.1) is 0 Å².